The predicted octanol–water partition coefficient (Wildman–Crippen LogP) is 3.92. The van der Waals surface area contributed by atoms with Crippen molar-refractivity contribution in [1.82, 2.24) is 15.1 Å². The Kier molecular flexibility index (Phi) is 6.68. The first-order valence-corrected chi connectivity index (χ1v) is 13.0. The molecule has 1 saturated carbocycles. The van der Waals surface area contributed by atoms with Crippen LogP contribution in [-0.4, -0.2) is 71.1 Å². The van der Waals surface area contributed by atoms with Gasteiger partial charge in [-0.25, -0.2) is 4.39 Å². The number of alkyl halides is 3. The Morgan fingerprint density at radius 3 is 2.64 bits per heavy atom. The van der Waals surface area contributed by atoms with Crippen LogP contribution in [-0.2, 0) is 16.0 Å². The van der Waals surface area contributed by atoms with Crippen LogP contribution in [0.15, 0.2) is 12.1 Å². The third-order valence-corrected chi connectivity index (χ3v) is 8.76. The summed E-state index contributed by atoms with van der Waals surface area (Å²) < 4.78 is 53.5. The number of piperidine rings is 1. The molecule has 1 spiro atoms. The molecule has 3 heterocycles. The maximum absolute atomic E-state index is 14.2. The lowest BCUT2D eigenvalue weighted by Gasteiger charge is -2.48. The van der Waals surface area contributed by atoms with Crippen molar-refractivity contribution in [3.8, 4) is 0 Å². The summed E-state index contributed by atoms with van der Waals surface area (Å²) in [6.07, 6.45) is 1.34. The summed E-state index contributed by atoms with van der Waals surface area (Å²) in [5.41, 5.74) is 1.51. The van der Waals surface area contributed by atoms with Gasteiger partial charge in [-0.2, -0.15) is 13.2 Å². The molecule has 5 rings (SSSR count). The average Bonchev–Trinajstić information content (AvgIpc) is 3.41. The van der Waals surface area contributed by atoms with E-state index in [1.54, 1.807) is 6.07 Å². The zero-order valence-corrected chi connectivity index (χ0v) is 20.6. The zero-order valence-electron chi connectivity index (χ0n) is 20.6. The SMILES string of the molecule is Cc1ccc(F)c2c1NC(C(=O)N[C@@H]1CCC[C@@H](N3CCC4(CCC(=O)N4CC(F)(F)F)CC3)C1)C2. The molecule has 0 radical (unpaired) electrons. The molecule has 2 saturated heterocycles. The smallest absolute Gasteiger partial charge is 0.373 e. The molecule has 3 atom stereocenters. The molecule has 1 aromatic rings. The third-order valence-electron chi connectivity index (χ3n) is 8.76. The molecular formula is C26H34F4N4O2. The van der Waals surface area contributed by atoms with Crippen molar-refractivity contribution in [2.24, 2.45) is 0 Å². The van der Waals surface area contributed by atoms with Gasteiger partial charge < -0.3 is 20.4 Å². The number of carbonyl (C=O) groups excluding carboxylic acids is 2. The summed E-state index contributed by atoms with van der Waals surface area (Å²) in [6, 6.07) is 2.92. The van der Waals surface area contributed by atoms with Gasteiger partial charge in [0.05, 0.1) is 0 Å². The molecule has 0 bridgehead atoms. The van der Waals surface area contributed by atoms with E-state index in [1.807, 2.05) is 6.92 Å². The summed E-state index contributed by atoms with van der Waals surface area (Å²) in [5, 5.41) is 6.35. The van der Waals surface area contributed by atoms with Crippen LogP contribution in [0.5, 0.6) is 0 Å². The first-order chi connectivity index (χ1) is 17.0. The van der Waals surface area contributed by atoms with Gasteiger partial charge in [0.15, 0.2) is 0 Å². The standard InChI is InChI=1S/C26H34F4N4O2/c1-16-5-6-20(27)19-14-21(32-23(16)19)24(36)31-17-3-2-4-18(13-17)33-11-9-25(10-12-33)8-7-22(35)34(25)15-26(28,29)30/h5-6,17-18,21,32H,2-4,7-15H2,1H3,(H,31,36)/t17-,18-,21?/m1/s1. The van der Waals surface area contributed by atoms with Crippen molar-refractivity contribution < 1.29 is 27.2 Å². The van der Waals surface area contributed by atoms with Gasteiger partial charge in [0.2, 0.25) is 11.8 Å². The molecule has 1 aromatic carbocycles. The summed E-state index contributed by atoms with van der Waals surface area (Å²) in [5.74, 6) is -0.809. The molecule has 0 aromatic heterocycles. The summed E-state index contributed by atoms with van der Waals surface area (Å²) in [4.78, 5) is 28.6. The highest BCUT2D eigenvalue weighted by Crippen LogP contribution is 2.42. The Labute approximate surface area is 208 Å². The Morgan fingerprint density at radius 1 is 1.19 bits per heavy atom. The number of halogens is 4. The second-order valence-electron chi connectivity index (χ2n) is 11.0. The molecule has 6 nitrogen and oxygen atoms in total. The van der Waals surface area contributed by atoms with Crippen LogP contribution < -0.4 is 10.6 Å². The number of nitrogens with zero attached hydrogens (tertiary/aromatic N) is 2. The normalized spacial score (nSPS) is 28.3. The minimum absolute atomic E-state index is 0.0124. The topological polar surface area (TPSA) is 64.7 Å². The van der Waals surface area contributed by atoms with Crippen LogP contribution in [0.1, 0.15) is 62.5 Å². The molecule has 198 valence electrons. The van der Waals surface area contributed by atoms with E-state index in [1.165, 1.54) is 6.07 Å². The molecule has 36 heavy (non-hydrogen) atoms. The Balaban J connectivity index is 1.15. The fourth-order valence-electron chi connectivity index (χ4n) is 6.79. The highest BCUT2D eigenvalue weighted by atomic mass is 19.4. The van der Waals surface area contributed by atoms with Gasteiger partial charge >= 0.3 is 6.18 Å². The number of fused-ring (bicyclic) bond motifs is 1. The van der Waals surface area contributed by atoms with Gasteiger partial charge in [0.1, 0.15) is 18.4 Å². The van der Waals surface area contributed by atoms with Crippen molar-refractivity contribution in [3.05, 3.63) is 29.1 Å². The highest BCUT2D eigenvalue weighted by molar-refractivity contribution is 5.88. The Bertz CT molecular complexity index is 991. The number of benzene rings is 1. The van der Waals surface area contributed by atoms with E-state index < -0.39 is 24.3 Å². The lowest BCUT2D eigenvalue weighted by atomic mass is 9.82. The van der Waals surface area contributed by atoms with E-state index in [-0.39, 0.29) is 36.1 Å². The molecule has 2 amide bonds. The van der Waals surface area contributed by atoms with E-state index in [4.69, 9.17) is 0 Å². The second-order valence-corrected chi connectivity index (χ2v) is 11.0. The quantitative estimate of drug-likeness (QED) is 0.603. The van der Waals surface area contributed by atoms with Crippen molar-refractivity contribution in [3.63, 3.8) is 0 Å². The fourth-order valence-corrected chi connectivity index (χ4v) is 6.79. The van der Waals surface area contributed by atoms with Crippen molar-refractivity contribution >= 4 is 17.5 Å². The molecular weight excluding hydrogens is 476 g/mol. The largest absolute Gasteiger partial charge is 0.406 e. The lowest BCUT2D eigenvalue weighted by Crippen LogP contribution is -2.57. The van der Waals surface area contributed by atoms with Gasteiger partial charge in [-0.3, -0.25) is 9.59 Å². The number of hydrogen-bond acceptors (Lipinski definition) is 4. The first kappa shape index (κ1) is 25.3. The predicted molar refractivity (Wildman–Crippen MR) is 127 cm³/mol. The summed E-state index contributed by atoms with van der Waals surface area (Å²) in [7, 11) is 0. The molecule has 2 N–H and O–H groups in total. The minimum atomic E-state index is -4.39. The number of amides is 2. The van der Waals surface area contributed by atoms with Crippen molar-refractivity contribution in [2.75, 3.05) is 25.0 Å². The van der Waals surface area contributed by atoms with Crippen LogP contribution >= 0.6 is 0 Å². The van der Waals surface area contributed by atoms with Crippen molar-refractivity contribution in [1.29, 1.82) is 0 Å². The van der Waals surface area contributed by atoms with Gasteiger partial charge in [0, 0.05) is 54.8 Å². The Morgan fingerprint density at radius 2 is 1.94 bits per heavy atom. The summed E-state index contributed by atoms with van der Waals surface area (Å²) in [6.45, 7) is 2.05. The van der Waals surface area contributed by atoms with Crippen LogP contribution in [0.2, 0.25) is 0 Å². The van der Waals surface area contributed by atoms with E-state index in [0.717, 1.165) is 36.1 Å². The highest BCUT2D eigenvalue weighted by Gasteiger charge is 2.51. The summed E-state index contributed by atoms with van der Waals surface area (Å²) >= 11 is 0. The molecule has 1 unspecified atom stereocenters. The zero-order chi connectivity index (χ0) is 25.7. The molecule has 3 fully saturated rings. The number of rotatable bonds is 4. The molecule has 10 heteroatoms. The number of nitrogens with one attached hydrogen (secondary N) is 2. The van der Waals surface area contributed by atoms with Gasteiger partial charge in [-0.1, -0.05) is 6.07 Å². The Hall–Kier alpha value is -2.36. The van der Waals surface area contributed by atoms with Crippen LogP contribution in [0, 0.1) is 12.7 Å². The lowest BCUT2D eigenvalue weighted by molar-refractivity contribution is -0.170. The van der Waals surface area contributed by atoms with E-state index in [9.17, 15) is 27.2 Å². The van der Waals surface area contributed by atoms with E-state index in [0.29, 0.717) is 50.0 Å². The monoisotopic (exact) mass is 510 g/mol. The number of carbonyl (C=O) groups is 2. The third kappa shape index (κ3) is 4.93. The van der Waals surface area contributed by atoms with Crippen LogP contribution in [0.4, 0.5) is 23.2 Å². The average molecular weight is 511 g/mol. The second kappa shape index (κ2) is 9.50. The van der Waals surface area contributed by atoms with Gasteiger partial charge in [-0.15, -0.1) is 0 Å². The van der Waals surface area contributed by atoms with Crippen LogP contribution in [0.3, 0.4) is 0 Å². The number of aryl methyl sites for hydroxylation is 1. The maximum atomic E-state index is 14.2. The van der Waals surface area contributed by atoms with E-state index >= 15 is 0 Å². The van der Waals surface area contributed by atoms with Crippen LogP contribution in [0.25, 0.3) is 0 Å². The first-order valence-electron chi connectivity index (χ1n) is 13.0. The minimum Gasteiger partial charge on any atom is -0.373 e. The van der Waals surface area contributed by atoms with Gasteiger partial charge in [0.25, 0.3) is 0 Å². The molecule has 4 aliphatic rings. The van der Waals surface area contributed by atoms with Gasteiger partial charge in [-0.05, 0) is 63.5 Å². The molecule has 3 aliphatic heterocycles. The molecule has 1 aliphatic carbocycles. The fraction of sp³-hybridized carbons (Fsp3) is 0.692. The number of likely N-dealkylation sites (tertiary alicyclic amines) is 2. The number of hydrogen-bond donors (Lipinski definition) is 2. The van der Waals surface area contributed by atoms with E-state index in [2.05, 4.69) is 15.5 Å². The maximum Gasteiger partial charge on any atom is 0.406 e. The number of anilines is 1. The van der Waals surface area contributed by atoms with Crippen molar-refractivity contribution in [2.45, 2.75) is 94.6 Å².